The molecule has 0 aliphatic heterocycles. The average molecular weight is 296 g/mol. The van der Waals surface area contributed by atoms with Crippen molar-refractivity contribution in [2.24, 2.45) is 0 Å². The van der Waals surface area contributed by atoms with Crippen LogP contribution in [-0.4, -0.2) is 17.4 Å². The van der Waals surface area contributed by atoms with E-state index < -0.39 is 12.3 Å². The number of carbonyl (C=O) groups is 1. The van der Waals surface area contributed by atoms with Gasteiger partial charge in [0.2, 0.25) is 0 Å². The van der Waals surface area contributed by atoms with Crippen LogP contribution in [0, 0.1) is 3.57 Å². The number of hydrogen-bond acceptors (Lipinski definition) is 2. The lowest BCUT2D eigenvalue weighted by atomic mass is 10.3. The Kier molecular flexibility index (Phi) is 3.47. The van der Waals surface area contributed by atoms with Gasteiger partial charge in [0.15, 0.2) is 0 Å². The van der Waals surface area contributed by atoms with Gasteiger partial charge in [-0.25, -0.2) is 4.79 Å². The van der Waals surface area contributed by atoms with Crippen molar-refractivity contribution in [2.75, 3.05) is 0 Å². The SMILES string of the molecule is O=C(O)C(F)Oc1cccc(I)c1. The number of hydrogen-bond donors (Lipinski definition) is 1. The quantitative estimate of drug-likeness (QED) is 0.868. The van der Waals surface area contributed by atoms with Crippen LogP contribution in [-0.2, 0) is 4.79 Å². The third-order valence-electron chi connectivity index (χ3n) is 1.23. The van der Waals surface area contributed by atoms with Crippen molar-refractivity contribution < 1.29 is 19.0 Å². The fourth-order valence-electron chi connectivity index (χ4n) is 0.710. The second-order valence-corrected chi connectivity index (χ2v) is 3.48. The first kappa shape index (κ1) is 10.2. The van der Waals surface area contributed by atoms with E-state index in [1.807, 2.05) is 22.6 Å². The number of aliphatic carboxylic acids is 1. The van der Waals surface area contributed by atoms with Gasteiger partial charge in [0.05, 0.1) is 0 Å². The molecule has 0 aliphatic carbocycles. The summed E-state index contributed by atoms with van der Waals surface area (Å²) in [6, 6.07) is 6.50. The molecular weight excluding hydrogens is 290 g/mol. The second-order valence-electron chi connectivity index (χ2n) is 2.23. The predicted molar refractivity (Wildman–Crippen MR) is 52.3 cm³/mol. The molecule has 3 nitrogen and oxygen atoms in total. The molecule has 1 unspecified atom stereocenters. The highest BCUT2D eigenvalue weighted by Gasteiger charge is 2.16. The molecule has 1 N–H and O–H groups in total. The maximum atomic E-state index is 12.5. The molecule has 0 spiro atoms. The predicted octanol–water partition coefficient (Wildman–Crippen LogP) is 2.05. The van der Waals surface area contributed by atoms with Crippen molar-refractivity contribution in [3.8, 4) is 5.75 Å². The van der Waals surface area contributed by atoms with Crippen molar-refractivity contribution in [1.82, 2.24) is 0 Å². The Hall–Kier alpha value is -0.850. The zero-order chi connectivity index (χ0) is 9.84. The van der Waals surface area contributed by atoms with Crippen LogP contribution in [0.1, 0.15) is 0 Å². The lowest BCUT2D eigenvalue weighted by molar-refractivity contribution is -0.153. The Balaban J connectivity index is 2.69. The smallest absolute Gasteiger partial charge is 0.378 e. The molecule has 1 rings (SSSR count). The zero-order valence-corrected chi connectivity index (χ0v) is 8.56. The average Bonchev–Trinajstić information content (AvgIpc) is 2.04. The second kappa shape index (κ2) is 4.40. The minimum Gasteiger partial charge on any atom is -0.476 e. The first-order valence-electron chi connectivity index (χ1n) is 3.38. The van der Waals surface area contributed by atoms with E-state index in [9.17, 15) is 9.18 Å². The van der Waals surface area contributed by atoms with E-state index in [1.165, 1.54) is 6.07 Å². The number of carboxylic acids is 1. The van der Waals surface area contributed by atoms with E-state index in [-0.39, 0.29) is 5.75 Å². The van der Waals surface area contributed by atoms with Crippen LogP contribution in [0.5, 0.6) is 5.75 Å². The molecule has 0 fully saturated rings. The van der Waals surface area contributed by atoms with E-state index in [4.69, 9.17) is 5.11 Å². The monoisotopic (exact) mass is 296 g/mol. The molecule has 0 aliphatic rings. The largest absolute Gasteiger partial charge is 0.476 e. The van der Waals surface area contributed by atoms with Gasteiger partial charge in [-0.1, -0.05) is 6.07 Å². The standard InChI is InChI=1S/C8H6FIO3/c9-7(8(11)12)13-6-3-1-2-5(10)4-6/h1-4,7H,(H,11,12). The van der Waals surface area contributed by atoms with Crippen LogP contribution in [0.2, 0.25) is 0 Å². The summed E-state index contributed by atoms with van der Waals surface area (Å²) < 4.78 is 17.9. The minimum absolute atomic E-state index is 0.210. The Morgan fingerprint density at radius 3 is 2.85 bits per heavy atom. The molecule has 1 aromatic carbocycles. The molecule has 1 aromatic rings. The third-order valence-corrected chi connectivity index (χ3v) is 1.90. The molecule has 0 saturated carbocycles. The summed E-state index contributed by atoms with van der Waals surface area (Å²) in [6.45, 7) is 0. The van der Waals surface area contributed by atoms with Gasteiger partial charge < -0.3 is 9.84 Å². The van der Waals surface area contributed by atoms with Crippen LogP contribution >= 0.6 is 22.6 Å². The normalized spacial score (nSPS) is 12.2. The molecule has 0 aromatic heterocycles. The van der Waals surface area contributed by atoms with Gasteiger partial charge in [0.25, 0.3) is 0 Å². The van der Waals surface area contributed by atoms with Crippen LogP contribution in [0.3, 0.4) is 0 Å². The van der Waals surface area contributed by atoms with E-state index in [1.54, 1.807) is 18.2 Å². The van der Waals surface area contributed by atoms with Gasteiger partial charge in [0.1, 0.15) is 5.75 Å². The van der Waals surface area contributed by atoms with Crippen LogP contribution in [0.4, 0.5) is 4.39 Å². The molecule has 70 valence electrons. The summed E-state index contributed by atoms with van der Waals surface area (Å²) in [5.41, 5.74) is 0. The van der Waals surface area contributed by atoms with Crippen molar-refractivity contribution in [1.29, 1.82) is 0 Å². The van der Waals surface area contributed by atoms with E-state index in [0.29, 0.717) is 0 Å². The molecule has 0 radical (unpaired) electrons. The van der Waals surface area contributed by atoms with E-state index in [0.717, 1.165) is 3.57 Å². The third kappa shape index (κ3) is 3.17. The van der Waals surface area contributed by atoms with Crippen LogP contribution < -0.4 is 4.74 Å². The Morgan fingerprint density at radius 2 is 2.31 bits per heavy atom. The summed E-state index contributed by atoms with van der Waals surface area (Å²) in [5.74, 6) is -1.42. The summed E-state index contributed by atoms with van der Waals surface area (Å²) in [6.07, 6.45) is -2.31. The Labute approximate surface area is 87.7 Å². The van der Waals surface area contributed by atoms with Crippen LogP contribution in [0.15, 0.2) is 24.3 Å². The number of carboxylic acid groups (broad SMARTS) is 1. The van der Waals surface area contributed by atoms with Gasteiger partial charge >= 0.3 is 12.3 Å². The highest BCUT2D eigenvalue weighted by atomic mass is 127. The summed E-state index contributed by atoms with van der Waals surface area (Å²) in [4.78, 5) is 10.1. The van der Waals surface area contributed by atoms with Crippen LogP contribution in [0.25, 0.3) is 0 Å². The lowest BCUT2D eigenvalue weighted by Gasteiger charge is -2.06. The number of alkyl halides is 1. The molecule has 1 atom stereocenters. The van der Waals surface area contributed by atoms with Crippen molar-refractivity contribution in [2.45, 2.75) is 6.36 Å². The summed E-state index contributed by atoms with van der Waals surface area (Å²) >= 11 is 2.02. The topological polar surface area (TPSA) is 46.5 Å². The fraction of sp³-hybridized carbons (Fsp3) is 0.125. The first-order chi connectivity index (χ1) is 6.09. The molecule has 5 heteroatoms. The van der Waals surface area contributed by atoms with Crippen molar-refractivity contribution in [3.63, 3.8) is 0 Å². The van der Waals surface area contributed by atoms with E-state index in [2.05, 4.69) is 4.74 Å². The first-order valence-corrected chi connectivity index (χ1v) is 4.46. The van der Waals surface area contributed by atoms with E-state index >= 15 is 0 Å². The van der Waals surface area contributed by atoms with Gasteiger partial charge in [-0.3, -0.25) is 0 Å². The fourth-order valence-corrected chi connectivity index (χ4v) is 1.22. The van der Waals surface area contributed by atoms with Gasteiger partial charge in [-0.15, -0.1) is 0 Å². The van der Waals surface area contributed by atoms with Gasteiger partial charge in [0, 0.05) is 3.57 Å². The van der Waals surface area contributed by atoms with Gasteiger partial charge in [-0.05, 0) is 40.8 Å². The number of benzene rings is 1. The lowest BCUT2D eigenvalue weighted by Crippen LogP contribution is -2.21. The molecule has 0 amide bonds. The molecule has 0 bridgehead atoms. The summed E-state index contributed by atoms with van der Waals surface area (Å²) in [5, 5.41) is 8.21. The Bertz CT molecular complexity index is 316. The summed E-state index contributed by atoms with van der Waals surface area (Å²) in [7, 11) is 0. The van der Waals surface area contributed by atoms with Gasteiger partial charge in [-0.2, -0.15) is 4.39 Å². The molecule has 13 heavy (non-hydrogen) atoms. The maximum absolute atomic E-state index is 12.5. The van der Waals surface area contributed by atoms with Crippen molar-refractivity contribution >= 4 is 28.6 Å². The highest BCUT2D eigenvalue weighted by molar-refractivity contribution is 14.1. The number of halogens is 2. The minimum atomic E-state index is -2.31. The Morgan fingerprint density at radius 1 is 1.62 bits per heavy atom. The number of ether oxygens (including phenoxy) is 1. The molecule has 0 saturated heterocycles. The maximum Gasteiger partial charge on any atom is 0.378 e. The van der Waals surface area contributed by atoms with Crippen molar-refractivity contribution in [3.05, 3.63) is 27.8 Å². The molecular formula is C8H6FIO3. The highest BCUT2D eigenvalue weighted by Crippen LogP contribution is 2.16. The zero-order valence-electron chi connectivity index (χ0n) is 6.41. The molecule has 0 heterocycles. The number of rotatable bonds is 3.